The summed E-state index contributed by atoms with van der Waals surface area (Å²) in [5.74, 6) is -0.0438. The van der Waals surface area contributed by atoms with Crippen molar-refractivity contribution in [3.05, 3.63) is 35.9 Å². The van der Waals surface area contributed by atoms with Crippen LogP contribution in [0, 0.1) is 0 Å². The summed E-state index contributed by atoms with van der Waals surface area (Å²) in [6.45, 7) is 4.76. The maximum Gasteiger partial charge on any atom is 0.245 e. The minimum atomic E-state index is -0.481. The molecule has 2 rings (SSSR count). The molecule has 1 heterocycles. The van der Waals surface area contributed by atoms with Crippen LogP contribution < -0.4 is 5.32 Å². The monoisotopic (exact) mass is 332 g/mol. The number of nitrogens with zero attached hydrogens (tertiary/aromatic N) is 1. The predicted molar refractivity (Wildman–Crippen MR) is 93.6 cm³/mol. The fourth-order valence-corrected chi connectivity index (χ4v) is 2.95. The molecule has 132 valence electrons. The number of carbonyl (C=O) groups excluding carboxylic acids is 2. The summed E-state index contributed by atoms with van der Waals surface area (Å²) in [5.41, 5.74) is 1.06. The van der Waals surface area contributed by atoms with Crippen molar-refractivity contribution in [1.29, 1.82) is 0 Å². The van der Waals surface area contributed by atoms with Crippen LogP contribution in [0.2, 0.25) is 0 Å². The van der Waals surface area contributed by atoms with E-state index in [0.717, 1.165) is 31.5 Å². The molecule has 1 atom stereocenters. The number of likely N-dealkylation sites (tertiary alicyclic amines) is 1. The van der Waals surface area contributed by atoms with Crippen LogP contribution in [-0.2, 0) is 20.7 Å². The average Bonchev–Trinajstić information content (AvgIpc) is 3.13. The summed E-state index contributed by atoms with van der Waals surface area (Å²) < 4.78 is 5.26. The highest BCUT2D eigenvalue weighted by Crippen LogP contribution is 2.12. The molecule has 1 aromatic rings. The van der Waals surface area contributed by atoms with Gasteiger partial charge >= 0.3 is 0 Å². The fraction of sp³-hybridized carbons (Fsp3) is 0.579. The minimum absolute atomic E-state index is 0.0366. The SMILES string of the molecule is CCOCCCC(=O)N[C@H](Cc1ccccc1)C(=O)N1CCCC1. The lowest BCUT2D eigenvalue weighted by atomic mass is 10.0. The van der Waals surface area contributed by atoms with Gasteiger partial charge in [-0.05, 0) is 31.7 Å². The lowest BCUT2D eigenvalue weighted by Crippen LogP contribution is -2.49. The summed E-state index contributed by atoms with van der Waals surface area (Å²) in [6.07, 6.45) is 3.69. The van der Waals surface area contributed by atoms with Crippen LogP contribution in [0.25, 0.3) is 0 Å². The Bertz CT molecular complexity index is 513. The summed E-state index contributed by atoms with van der Waals surface area (Å²) in [4.78, 5) is 26.8. The molecule has 1 aliphatic rings. The van der Waals surface area contributed by atoms with Crippen molar-refractivity contribution in [2.24, 2.45) is 0 Å². The number of rotatable bonds is 9. The zero-order valence-corrected chi connectivity index (χ0v) is 14.5. The summed E-state index contributed by atoms with van der Waals surface area (Å²) in [5, 5.41) is 2.93. The fourth-order valence-electron chi connectivity index (χ4n) is 2.95. The van der Waals surface area contributed by atoms with Crippen molar-refractivity contribution in [1.82, 2.24) is 10.2 Å². The van der Waals surface area contributed by atoms with Gasteiger partial charge in [0.1, 0.15) is 6.04 Å². The van der Waals surface area contributed by atoms with Crippen LogP contribution in [0.3, 0.4) is 0 Å². The van der Waals surface area contributed by atoms with Gasteiger partial charge in [0, 0.05) is 39.1 Å². The molecule has 2 amide bonds. The third-order valence-electron chi connectivity index (χ3n) is 4.23. The van der Waals surface area contributed by atoms with Gasteiger partial charge in [0.2, 0.25) is 11.8 Å². The van der Waals surface area contributed by atoms with E-state index in [0.29, 0.717) is 32.5 Å². The molecule has 24 heavy (non-hydrogen) atoms. The molecule has 0 saturated carbocycles. The number of carbonyl (C=O) groups is 2. The molecule has 0 aliphatic carbocycles. The number of hydrogen-bond donors (Lipinski definition) is 1. The normalized spacial score (nSPS) is 15.3. The summed E-state index contributed by atoms with van der Waals surface area (Å²) >= 11 is 0. The second-order valence-corrected chi connectivity index (χ2v) is 6.14. The van der Waals surface area contributed by atoms with E-state index in [9.17, 15) is 9.59 Å². The average molecular weight is 332 g/mol. The number of hydrogen-bond acceptors (Lipinski definition) is 3. The van der Waals surface area contributed by atoms with Gasteiger partial charge in [0.25, 0.3) is 0 Å². The molecule has 1 aliphatic heterocycles. The van der Waals surface area contributed by atoms with E-state index in [1.54, 1.807) is 0 Å². The lowest BCUT2D eigenvalue weighted by molar-refractivity contribution is -0.135. The van der Waals surface area contributed by atoms with E-state index in [-0.39, 0.29) is 11.8 Å². The number of amides is 2. The Morgan fingerprint density at radius 3 is 2.58 bits per heavy atom. The van der Waals surface area contributed by atoms with Gasteiger partial charge in [-0.25, -0.2) is 0 Å². The predicted octanol–water partition coefficient (Wildman–Crippen LogP) is 2.15. The second-order valence-electron chi connectivity index (χ2n) is 6.14. The quantitative estimate of drug-likeness (QED) is 0.705. The smallest absolute Gasteiger partial charge is 0.245 e. The molecule has 0 bridgehead atoms. The molecule has 5 nitrogen and oxygen atoms in total. The molecule has 0 spiro atoms. The number of nitrogens with one attached hydrogen (secondary N) is 1. The Morgan fingerprint density at radius 1 is 1.21 bits per heavy atom. The van der Waals surface area contributed by atoms with Gasteiger partial charge in [-0.1, -0.05) is 30.3 Å². The van der Waals surface area contributed by atoms with Crippen LogP contribution in [0.5, 0.6) is 0 Å². The molecule has 0 unspecified atom stereocenters. The van der Waals surface area contributed by atoms with Gasteiger partial charge < -0.3 is 15.0 Å². The van der Waals surface area contributed by atoms with Crippen molar-refractivity contribution in [2.45, 2.75) is 45.1 Å². The van der Waals surface area contributed by atoms with Crippen LogP contribution in [0.15, 0.2) is 30.3 Å². The van der Waals surface area contributed by atoms with E-state index < -0.39 is 6.04 Å². The highest BCUT2D eigenvalue weighted by atomic mass is 16.5. The van der Waals surface area contributed by atoms with Crippen molar-refractivity contribution in [3.63, 3.8) is 0 Å². The summed E-state index contributed by atoms with van der Waals surface area (Å²) in [6, 6.07) is 9.36. The van der Waals surface area contributed by atoms with Gasteiger partial charge in [-0.15, -0.1) is 0 Å². The highest BCUT2D eigenvalue weighted by molar-refractivity contribution is 5.88. The Kier molecular flexibility index (Phi) is 7.75. The molecule has 1 fully saturated rings. The van der Waals surface area contributed by atoms with Crippen LogP contribution in [-0.4, -0.2) is 49.1 Å². The Morgan fingerprint density at radius 2 is 1.92 bits per heavy atom. The van der Waals surface area contributed by atoms with Gasteiger partial charge in [0.05, 0.1) is 0 Å². The van der Waals surface area contributed by atoms with E-state index in [2.05, 4.69) is 5.32 Å². The third-order valence-corrected chi connectivity index (χ3v) is 4.23. The number of ether oxygens (including phenoxy) is 1. The van der Waals surface area contributed by atoms with Crippen molar-refractivity contribution >= 4 is 11.8 Å². The summed E-state index contributed by atoms with van der Waals surface area (Å²) in [7, 11) is 0. The van der Waals surface area contributed by atoms with Crippen molar-refractivity contribution in [2.75, 3.05) is 26.3 Å². The van der Waals surface area contributed by atoms with Crippen molar-refractivity contribution in [3.8, 4) is 0 Å². The maximum absolute atomic E-state index is 12.7. The standard InChI is InChI=1S/C19H28N2O3/c1-2-24-14-8-11-18(22)20-17(15-16-9-4-3-5-10-16)19(23)21-12-6-7-13-21/h3-5,9-10,17H,2,6-8,11-15H2,1H3,(H,20,22)/t17-/m1/s1. The van der Waals surface area contributed by atoms with Crippen LogP contribution in [0.1, 0.15) is 38.2 Å². The molecule has 1 saturated heterocycles. The first-order valence-electron chi connectivity index (χ1n) is 8.90. The molecule has 1 aromatic carbocycles. The Balaban J connectivity index is 1.93. The first-order valence-corrected chi connectivity index (χ1v) is 8.90. The highest BCUT2D eigenvalue weighted by Gasteiger charge is 2.27. The maximum atomic E-state index is 12.7. The Labute approximate surface area is 144 Å². The van der Waals surface area contributed by atoms with E-state index >= 15 is 0 Å². The van der Waals surface area contributed by atoms with E-state index in [1.165, 1.54) is 0 Å². The largest absolute Gasteiger partial charge is 0.382 e. The molecule has 0 radical (unpaired) electrons. The molecule has 0 aromatic heterocycles. The first-order chi connectivity index (χ1) is 11.7. The first kappa shape index (κ1) is 18.5. The van der Waals surface area contributed by atoms with Gasteiger partial charge in [-0.2, -0.15) is 0 Å². The van der Waals surface area contributed by atoms with Gasteiger partial charge in [-0.3, -0.25) is 9.59 Å². The molecule has 5 heteroatoms. The minimum Gasteiger partial charge on any atom is -0.382 e. The van der Waals surface area contributed by atoms with Crippen LogP contribution >= 0.6 is 0 Å². The van der Waals surface area contributed by atoms with Crippen molar-refractivity contribution < 1.29 is 14.3 Å². The molecular weight excluding hydrogens is 304 g/mol. The molecule has 1 N–H and O–H groups in total. The lowest BCUT2D eigenvalue weighted by Gasteiger charge is -2.24. The van der Waals surface area contributed by atoms with Gasteiger partial charge in [0.15, 0.2) is 0 Å². The third kappa shape index (κ3) is 5.96. The zero-order valence-electron chi connectivity index (χ0n) is 14.5. The second kappa shape index (κ2) is 10.1. The number of benzene rings is 1. The molecular formula is C19H28N2O3. The Hall–Kier alpha value is -1.88. The van der Waals surface area contributed by atoms with E-state index in [1.807, 2.05) is 42.2 Å². The van der Waals surface area contributed by atoms with Crippen LogP contribution in [0.4, 0.5) is 0 Å². The topological polar surface area (TPSA) is 58.6 Å². The zero-order chi connectivity index (χ0) is 17.2. The van der Waals surface area contributed by atoms with E-state index in [4.69, 9.17) is 4.74 Å².